The van der Waals surface area contributed by atoms with E-state index in [1.165, 1.54) is 19.5 Å². The summed E-state index contributed by atoms with van der Waals surface area (Å²) < 4.78 is 32.5. The number of aryl methyl sites for hydroxylation is 1. The molecule has 0 aliphatic heterocycles. The lowest BCUT2D eigenvalue weighted by molar-refractivity contribution is 0.0365. The van der Waals surface area contributed by atoms with Crippen LogP contribution in [0.2, 0.25) is 0 Å². The van der Waals surface area contributed by atoms with Crippen LogP contribution in [0.15, 0.2) is 55.1 Å². The van der Waals surface area contributed by atoms with Crippen LogP contribution in [0.1, 0.15) is 22.8 Å². The zero-order valence-electron chi connectivity index (χ0n) is 20.2. The first-order chi connectivity index (χ1) is 17.9. The Labute approximate surface area is 211 Å². The Balaban J connectivity index is 1.73. The minimum atomic E-state index is -0.569. The molecule has 0 saturated carbocycles. The van der Waals surface area contributed by atoms with E-state index in [0.29, 0.717) is 39.8 Å². The number of ether oxygens (including phenoxy) is 1. The van der Waals surface area contributed by atoms with Gasteiger partial charge in [-0.15, -0.1) is 0 Å². The summed E-state index contributed by atoms with van der Waals surface area (Å²) in [4.78, 5) is 33.9. The predicted octanol–water partition coefficient (Wildman–Crippen LogP) is 4.70. The van der Waals surface area contributed by atoms with Gasteiger partial charge in [0.1, 0.15) is 5.82 Å². The first kappa shape index (κ1) is 25.4. The number of para-hydroxylation sites is 1. The molecule has 0 aliphatic carbocycles. The third-order valence-electron chi connectivity index (χ3n) is 5.09. The quantitative estimate of drug-likeness (QED) is 0.219. The van der Waals surface area contributed by atoms with Crippen LogP contribution >= 0.6 is 0 Å². The highest BCUT2D eigenvalue weighted by molar-refractivity contribution is 6.00. The van der Waals surface area contributed by atoms with Crippen molar-refractivity contribution in [1.29, 1.82) is 0 Å². The van der Waals surface area contributed by atoms with Crippen molar-refractivity contribution in [2.45, 2.75) is 13.8 Å². The normalized spacial score (nSPS) is 10.6. The molecule has 37 heavy (non-hydrogen) atoms. The molecule has 0 aliphatic rings. The summed E-state index contributed by atoms with van der Waals surface area (Å²) in [7, 11) is 1.47. The Morgan fingerprint density at radius 3 is 2.46 bits per heavy atom. The third-order valence-corrected chi connectivity index (χ3v) is 5.09. The monoisotopic (exact) mass is 507 g/mol. The molecule has 0 radical (unpaired) electrons. The minimum Gasteiger partial charge on any atom is -0.494 e. The number of nitrogens with one attached hydrogen (secondary N) is 3. The van der Waals surface area contributed by atoms with Crippen molar-refractivity contribution >= 4 is 28.8 Å². The molecule has 0 atom stereocenters. The van der Waals surface area contributed by atoms with Gasteiger partial charge in [0.15, 0.2) is 17.4 Å². The molecular formula is C25H23F2N7O3. The molecule has 1 amide bonds. The topological polar surface area (TPSA) is 123 Å². The van der Waals surface area contributed by atoms with E-state index in [1.54, 1.807) is 44.2 Å². The largest absolute Gasteiger partial charge is 0.494 e. The van der Waals surface area contributed by atoms with Gasteiger partial charge in [-0.05, 0) is 32.0 Å². The van der Waals surface area contributed by atoms with Gasteiger partial charge >= 0.3 is 0 Å². The Morgan fingerprint density at radius 2 is 1.76 bits per heavy atom. The summed E-state index contributed by atoms with van der Waals surface area (Å²) >= 11 is 0. The molecule has 4 rings (SSSR count). The molecule has 0 spiro atoms. The lowest BCUT2D eigenvalue weighted by Gasteiger charge is -2.17. The van der Waals surface area contributed by atoms with Gasteiger partial charge < -0.3 is 15.4 Å². The Morgan fingerprint density at radius 1 is 0.973 bits per heavy atom. The van der Waals surface area contributed by atoms with Crippen LogP contribution in [-0.2, 0) is 4.84 Å². The number of methoxy groups -OCH3 is 1. The second-order valence-electron chi connectivity index (χ2n) is 7.67. The number of pyridine rings is 2. The minimum absolute atomic E-state index is 0.179. The average molecular weight is 508 g/mol. The highest BCUT2D eigenvalue weighted by Crippen LogP contribution is 2.37. The van der Waals surface area contributed by atoms with Crippen molar-refractivity contribution < 1.29 is 23.1 Å². The van der Waals surface area contributed by atoms with E-state index < -0.39 is 17.7 Å². The molecule has 3 aromatic heterocycles. The average Bonchev–Trinajstić information content (AvgIpc) is 2.90. The molecule has 0 bridgehead atoms. The van der Waals surface area contributed by atoms with Gasteiger partial charge in [-0.1, -0.05) is 6.07 Å². The van der Waals surface area contributed by atoms with Crippen LogP contribution in [0.3, 0.4) is 0 Å². The van der Waals surface area contributed by atoms with Crippen molar-refractivity contribution in [2.75, 3.05) is 24.4 Å². The molecule has 190 valence electrons. The molecular weight excluding hydrogens is 484 g/mol. The molecule has 12 heteroatoms. The second kappa shape index (κ2) is 11.4. The summed E-state index contributed by atoms with van der Waals surface area (Å²) in [5.41, 5.74) is 4.75. The maximum Gasteiger partial charge on any atom is 0.278 e. The van der Waals surface area contributed by atoms with Gasteiger partial charge in [0.05, 0.1) is 60.5 Å². The summed E-state index contributed by atoms with van der Waals surface area (Å²) in [6.45, 7) is 3.60. The standard InChI is InChI=1S/C25H23F2N7O3/c1-4-37-34-25(35)18-13-28-21(32-16-8-14(2)23(27)29-12-16)9-20(18)33-19-7-5-6-17(22(19)36-3)24-30-10-15(26)11-31-24/h5-13H,4H2,1-3H3,(H,34,35)(H2,28,32,33). The smallest absolute Gasteiger partial charge is 0.278 e. The fraction of sp³-hybridized carbons (Fsp3) is 0.160. The number of aromatic nitrogens is 4. The SMILES string of the molecule is CCONC(=O)c1cnc(Nc2cnc(F)c(C)c2)cc1Nc1cccc(-c2ncc(F)cn2)c1OC. The van der Waals surface area contributed by atoms with E-state index in [9.17, 15) is 13.6 Å². The summed E-state index contributed by atoms with van der Waals surface area (Å²) in [5, 5.41) is 6.24. The van der Waals surface area contributed by atoms with E-state index in [4.69, 9.17) is 9.57 Å². The maximum atomic E-state index is 13.6. The van der Waals surface area contributed by atoms with Gasteiger partial charge in [-0.25, -0.2) is 29.8 Å². The van der Waals surface area contributed by atoms with E-state index in [2.05, 4.69) is 36.0 Å². The molecule has 10 nitrogen and oxygen atoms in total. The number of carbonyl (C=O) groups excluding carboxylic acids is 1. The van der Waals surface area contributed by atoms with Crippen molar-refractivity contribution in [1.82, 2.24) is 25.4 Å². The predicted molar refractivity (Wildman–Crippen MR) is 133 cm³/mol. The van der Waals surface area contributed by atoms with Crippen LogP contribution in [-0.4, -0.2) is 39.6 Å². The highest BCUT2D eigenvalue weighted by Gasteiger charge is 2.18. The van der Waals surface area contributed by atoms with Crippen molar-refractivity contribution in [3.05, 3.63) is 78.0 Å². The maximum absolute atomic E-state index is 13.6. The van der Waals surface area contributed by atoms with Crippen molar-refractivity contribution in [3.63, 3.8) is 0 Å². The summed E-state index contributed by atoms with van der Waals surface area (Å²) in [6.07, 6.45) is 4.82. The Hall–Kier alpha value is -4.71. The van der Waals surface area contributed by atoms with Crippen LogP contribution in [0.5, 0.6) is 5.75 Å². The second-order valence-corrected chi connectivity index (χ2v) is 7.67. The number of hydrogen-bond acceptors (Lipinski definition) is 9. The zero-order valence-corrected chi connectivity index (χ0v) is 20.2. The number of nitrogens with zero attached hydrogens (tertiary/aromatic N) is 4. The van der Waals surface area contributed by atoms with Crippen LogP contribution < -0.4 is 20.9 Å². The van der Waals surface area contributed by atoms with E-state index in [0.717, 1.165) is 12.4 Å². The molecule has 1 aromatic carbocycles. The molecule has 3 heterocycles. The fourth-order valence-corrected chi connectivity index (χ4v) is 3.40. The number of halogens is 2. The fourth-order valence-electron chi connectivity index (χ4n) is 3.40. The molecule has 3 N–H and O–H groups in total. The van der Waals surface area contributed by atoms with Gasteiger partial charge in [0.25, 0.3) is 5.91 Å². The van der Waals surface area contributed by atoms with E-state index >= 15 is 0 Å². The first-order valence-corrected chi connectivity index (χ1v) is 11.1. The Kier molecular flexibility index (Phi) is 7.79. The van der Waals surface area contributed by atoms with E-state index in [-0.39, 0.29) is 18.0 Å². The van der Waals surface area contributed by atoms with Crippen LogP contribution in [0.4, 0.5) is 31.7 Å². The van der Waals surface area contributed by atoms with Crippen LogP contribution in [0.25, 0.3) is 11.4 Å². The van der Waals surface area contributed by atoms with E-state index in [1.807, 2.05) is 0 Å². The third kappa shape index (κ3) is 5.93. The van der Waals surface area contributed by atoms with Crippen molar-refractivity contribution in [2.24, 2.45) is 0 Å². The number of hydroxylamine groups is 1. The number of amides is 1. The van der Waals surface area contributed by atoms with Crippen molar-refractivity contribution in [3.8, 4) is 17.1 Å². The van der Waals surface area contributed by atoms with Gasteiger partial charge in [-0.2, -0.15) is 4.39 Å². The number of benzene rings is 1. The lowest BCUT2D eigenvalue weighted by Crippen LogP contribution is -2.24. The molecule has 0 saturated heterocycles. The zero-order chi connectivity index (χ0) is 26.4. The molecule has 0 unspecified atom stereocenters. The van der Waals surface area contributed by atoms with Gasteiger partial charge in [0, 0.05) is 17.8 Å². The van der Waals surface area contributed by atoms with Gasteiger partial charge in [-0.3, -0.25) is 9.63 Å². The summed E-state index contributed by atoms with van der Waals surface area (Å²) in [6, 6.07) is 8.38. The number of hydrogen-bond donors (Lipinski definition) is 3. The molecule has 0 fully saturated rings. The first-order valence-electron chi connectivity index (χ1n) is 11.1. The molecule has 4 aromatic rings. The number of anilines is 4. The van der Waals surface area contributed by atoms with Crippen LogP contribution in [0, 0.1) is 18.7 Å². The highest BCUT2D eigenvalue weighted by atomic mass is 19.1. The Bertz CT molecular complexity index is 1420. The summed E-state index contributed by atoms with van der Waals surface area (Å²) in [5.74, 6) is -0.673. The van der Waals surface area contributed by atoms with Gasteiger partial charge in [0.2, 0.25) is 5.95 Å². The number of rotatable bonds is 9. The lowest BCUT2D eigenvalue weighted by atomic mass is 10.1. The number of carbonyl (C=O) groups is 1.